The molecule has 0 aromatic carbocycles. The molecule has 1 aliphatic heterocycles. The summed E-state index contributed by atoms with van der Waals surface area (Å²) in [5.74, 6) is 5.57. The van der Waals surface area contributed by atoms with Gasteiger partial charge in [-0.05, 0) is 12.0 Å². The summed E-state index contributed by atoms with van der Waals surface area (Å²) in [5, 5.41) is 13.7. The molecule has 2 rings (SSSR count). The molecule has 1 aromatic heterocycles. The molecule has 6 N–H and O–H groups in total. The van der Waals surface area contributed by atoms with Crippen LogP contribution in [0.4, 0.5) is 0 Å². The van der Waals surface area contributed by atoms with Gasteiger partial charge in [-0.2, -0.15) is 0 Å². The van der Waals surface area contributed by atoms with Gasteiger partial charge in [0.15, 0.2) is 5.82 Å². The summed E-state index contributed by atoms with van der Waals surface area (Å²) in [6, 6.07) is 0.158. The minimum absolute atomic E-state index is 0.0783. The Labute approximate surface area is 158 Å². The standard InChI is InChI=1S/C17H27N7O3/c1-10(2)14(24(19)9-12(18)15-21-5-4-6-22-15)17(27)23-8-11(25)7-13(23)16(26)20-3/h4-6,9-11,13-14,25H,7-8,18-19H2,1-3H3,(H,20,26)/b12-9-. The maximum atomic E-state index is 13.1. The van der Waals surface area contributed by atoms with Crippen molar-refractivity contribution in [1.29, 1.82) is 0 Å². The number of aromatic nitrogens is 2. The van der Waals surface area contributed by atoms with Crippen LogP contribution in [0, 0.1) is 5.92 Å². The van der Waals surface area contributed by atoms with Crippen LogP contribution in [0.15, 0.2) is 24.7 Å². The van der Waals surface area contributed by atoms with E-state index in [1.165, 1.54) is 23.2 Å². The summed E-state index contributed by atoms with van der Waals surface area (Å²) in [4.78, 5) is 34.7. The van der Waals surface area contributed by atoms with Crippen LogP contribution >= 0.6 is 0 Å². The Morgan fingerprint density at radius 1 is 1.41 bits per heavy atom. The molecule has 148 valence electrons. The molecule has 0 radical (unpaired) electrons. The normalized spacial score (nSPS) is 21.3. The highest BCUT2D eigenvalue weighted by atomic mass is 16.3. The van der Waals surface area contributed by atoms with Crippen LogP contribution in [0.25, 0.3) is 5.70 Å². The maximum absolute atomic E-state index is 13.1. The summed E-state index contributed by atoms with van der Waals surface area (Å²) < 4.78 is 0. The minimum atomic E-state index is -0.773. The first-order chi connectivity index (χ1) is 12.8. The molecule has 27 heavy (non-hydrogen) atoms. The topological polar surface area (TPSA) is 151 Å². The van der Waals surface area contributed by atoms with E-state index in [2.05, 4.69) is 15.3 Å². The third-order valence-corrected chi connectivity index (χ3v) is 4.43. The van der Waals surface area contributed by atoms with Gasteiger partial charge >= 0.3 is 0 Å². The molecular weight excluding hydrogens is 350 g/mol. The van der Waals surface area contributed by atoms with Crippen molar-refractivity contribution >= 4 is 17.5 Å². The Hall–Kier alpha value is -2.72. The highest BCUT2D eigenvalue weighted by Crippen LogP contribution is 2.23. The summed E-state index contributed by atoms with van der Waals surface area (Å²) in [6.45, 7) is 3.76. The van der Waals surface area contributed by atoms with Crippen molar-refractivity contribution in [1.82, 2.24) is 25.2 Å². The second-order valence-corrected chi connectivity index (χ2v) is 6.80. The van der Waals surface area contributed by atoms with Crippen molar-refractivity contribution in [2.45, 2.75) is 38.5 Å². The zero-order valence-corrected chi connectivity index (χ0v) is 15.7. The average Bonchev–Trinajstić information content (AvgIpc) is 3.03. The lowest BCUT2D eigenvalue weighted by molar-refractivity contribution is -0.143. The molecule has 2 amide bonds. The fourth-order valence-corrected chi connectivity index (χ4v) is 3.15. The minimum Gasteiger partial charge on any atom is -0.394 e. The predicted octanol–water partition coefficient (Wildman–Crippen LogP) is -1.36. The second kappa shape index (κ2) is 8.78. The Morgan fingerprint density at radius 3 is 2.59 bits per heavy atom. The quantitative estimate of drug-likeness (QED) is 0.351. The first-order valence-electron chi connectivity index (χ1n) is 8.74. The van der Waals surface area contributed by atoms with Crippen molar-refractivity contribution < 1.29 is 14.7 Å². The number of likely N-dealkylation sites (tertiary alicyclic amines) is 1. The van der Waals surface area contributed by atoms with Crippen LogP contribution in [0.1, 0.15) is 26.1 Å². The smallest absolute Gasteiger partial charge is 0.247 e. The molecule has 0 spiro atoms. The third-order valence-electron chi connectivity index (χ3n) is 4.43. The molecule has 0 bridgehead atoms. The lowest BCUT2D eigenvalue weighted by atomic mass is 10.0. The summed E-state index contributed by atoms with van der Waals surface area (Å²) in [5.41, 5.74) is 6.20. The molecule has 0 saturated carbocycles. The van der Waals surface area contributed by atoms with E-state index >= 15 is 0 Å². The number of nitrogens with two attached hydrogens (primary N) is 2. The number of carbonyl (C=O) groups excluding carboxylic acids is 2. The van der Waals surface area contributed by atoms with Crippen molar-refractivity contribution in [3.05, 3.63) is 30.5 Å². The van der Waals surface area contributed by atoms with Gasteiger partial charge in [-0.15, -0.1) is 0 Å². The molecular formula is C17H27N7O3. The molecule has 3 atom stereocenters. The van der Waals surface area contributed by atoms with E-state index in [0.29, 0.717) is 5.82 Å². The van der Waals surface area contributed by atoms with Crippen LogP contribution < -0.4 is 16.9 Å². The van der Waals surface area contributed by atoms with Gasteiger partial charge in [0.1, 0.15) is 12.1 Å². The third kappa shape index (κ3) is 4.72. The molecule has 1 aromatic rings. The Balaban J connectivity index is 2.25. The van der Waals surface area contributed by atoms with E-state index < -0.39 is 18.2 Å². The molecule has 10 nitrogen and oxygen atoms in total. The van der Waals surface area contributed by atoms with Gasteiger partial charge in [-0.3, -0.25) is 9.59 Å². The number of hydrogen-bond acceptors (Lipinski definition) is 8. The lowest BCUT2D eigenvalue weighted by Crippen LogP contribution is -2.55. The number of hydrogen-bond donors (Lipinski definition) is 4. The molecule has 3 unspecified atom stereocenters. The number of carbonyl (C=O) groups is 2. The molecule has 10 heteroatoms. The Morgan fingerprint density at radius 2 is 2.04 bits per heavy atom. The molecule has 1 aliphatic rings. The van der Waals surface area contributed by atoms with Gasteiger partial charge in [0.05, 0.1) is 11.8 Å². The van der Waals surface area contributed by atoms with E-state index in [0.717, 1.165) is 0 Å². The zero-order chi connectivity index (χ0) is 20.1. The van der Waals surface area contributed by atoms with Gasteiger partial charge in [-0.25, -0.2) is 15.8 Å². The summed E-state index contributed by atoms with van der Waals surface area (Å²) in [7, 11) is 1.49. The highest BCUT2D eigenvalue weighted by molar-refractivity contribution is 5.90. The largest absolute Gasteiger partial charge is 0.394 e. The number of β-amino-alcohol motifs (C(OH)–C–C–N with tert-alkyl or cyclic N) is 1. The van der Waals surface area contributed by atoms with E-state index in [4.69, 9.17) is 11.6 Å². The number of nitrogens with zero attached hydrogens (tertiary/aromatic N) is 4. The van der Waals surface area contributed by atoms with Crippen molar-refractivity contribution in [3.63, 3.8) is 0 Å². The van der Waals surface area contributed by atoms with Gasteiger partial charge < -0.3 is 26.1 Å². The van der Waals surface area contributed by atoms with E-state index in [-0.39, 0.29) is 36.4 Å². The first-order valence-corrected chi connectivity index (χ1v) is 8.74. The number of amides is 2. The van der Waals surface area contributed by atoms with Gasteiger partial charge in [0, 0.05) is 38.6 Å². The highest BCUT2D eigenvalue weighted by Gasteiger charge is 2.42. The predicted molar refractivity (Wildman–Crippen MR) is 99.0 cm³/mol. The average molecular weight is 377 g/mol. The number of hydrazine groups is 1. The van der Waals surface area contributed by atoms with E-state index in [9.17, 15) is 14.7 Å². The second-order valence-electron chi connectivity index (χ2n) is 6.80. The van der Waals surface area contributed by atoms with Crippen molar-refractivity contribution in [2.75, 3.05) is 13.6 Å². The van der Waals surface area contributed by atoms with Gasteiger partial charge in [0.2, 0.25) is 11.8 Å². The van der Waals surface area contributed by atoms with Crippen molar-refractivity contribution in [3.8, 4) is 0 Å². The SMILES string of the molecule is CNC(=O)C1CC(O)CN1C(=O)C(C(C)C)N(N)/C=C(\N)c1ncccn1. The molecule has 1 fully saturated rings. The molecule has 2 heterocycles. The first kappa shape index (κ1) is 20.6. The van der Waals surface area contributed by atoms with Crippen LogP contribution in [0.5, 0.6) is 0 Å². The van der Waals surface area contributed by atoms with E-state index in [1.807, 2.05) is 13.8 Å². The van der Waals surface area contributed by atoms with E-state index in [1.54, 1.807) is 18.5 Å². The Bertz CT molecular complexity index is 695. The van der Waals surface area contributed by atoms with Crippen LogP contribution in [-0.4, -0.2) is 68.6 Å². The number of aliphatic hydroxyl groups is 1. The number of aliphatic hydroxyl groups excluding tert-OH is 1. The number of rotatable bonds is 6. The summed E-state index contributed by atoms with van der Waals surface area (Å²) in [6.07, 6.45) is 3.94. The maximum Gasteiger partial charge on any atom is 0.247 e. The number of nitrogens with one attached hydrogen (secondary N) is 1. The fourth-order valence-electron chi connectivity index (χ4n) is 3.15. The Kier molecular flexibility index (Phi) is 6.70. The van der Waals surface area contributed by atoms with Crippen LogP contribution in [0.3, 0.4) is 0 Å². The fraction of sp³-hybridized carbons (Fsp3) is 0.529. The summed E-state index contributed by atoms with van der Waals surface area (Å²) >= 11 is 0. The van der Waals surface area contributed by atoms with Gasteiger partial charge in [-0.1, -0.05) is 13.8 Å². The monoisotopic (exact) mass is 377 g/mol. The zero-order valence-electron chi connectivity index (χ0n) is 15.7. The number of likely N-dealkylation sites (N-methyl/N-ethyl adjacent to an activating group) is 1. The van der Waals surface area contributed by atoms with Crippen LogP contribution in [-0.2, 0) is 9.59 Å². The molecule has 0 aliphatic carbocycles. The lowest BCUT2D eigenvalue weighted by Gasteiger charge is -2.34. The van der Waals surface area contributed by atoms with Crippen LogP contribution in [0.2, 0.25) is 0 Å². The molecule has 1 saturated heterocycles. The van der Waals surface area contributed by atoms with Gasteiger partial charge in [0.25, 0.3) is 0 Å². The van der Waals surface area contributed by atoms with Crippen molar-refractivity contribution in [2.24, 2.45) is 17.5 Å².